The summed E-state index contributed by atoms with van der Waals surface area (Å²) < 4.78 is 0. The van der Waals surface area contributed by atoms with E-state index >= 15 is 0 Å². The minimum absolute atomic E-state index is 0.0649. The van der Waals surface area contributed by atoms with E-state index in [0.29, 0.717) is 12.3 Å². The van der Waals surface area contributed by atoms with Crippen LogP contribution in [0.5, 0.6) is 0 Å². The van der Waals surface area contributed by atoms with Gasteiger partial charge in [0, 0.05) is 12.3 Å². The molecule has 0 fully saturated rings. The zero-order valence-electron chi connectivity index (χ0n) is 6.06. The van der Waals surface area contributed by atoms with E-state index in [1.165, 1.54) is 0 Å². The number of halogens is 1. The predicted octanol–water partition coefficient (Wildman–Crippen LogP) is 2.15. The van der Waals surface area contributed by atoms with Gasteiger partial charge in [0.15, 0.2) is 5.78 Å². The number of allylic oxidation sites excluding steroid dienone is 2. The van der Waals surface area contributed by atoms with Crippen LogP contribution in [0, 0.1) is 5.41 Å². The van der Waals surface area contributed by atoms with E-state index in [1.807, 2.05) is 6.08 Å². The molecule has 56 valence electrons. The molecule has 0 aliphatic heterocycles. The topological polar surface area (TPSA) is 17.1 Å². The summed E-state index contributed by atoms with van der Waals surface area (Å²) in [6.07, 6.45) is 5.11. The van der Waals surface area contributed by atoms with Crippen molar-refractivity contribution >= 4 is 17.4 Å². The number of ketones is 1. The van der Waals surface area contributed by atoms with E-state index in [1.54, 1.807) is 6.08 Å². The maximum atomic E-state index is 10.7. The molecule has 0 aromatic rings. The second-order valence-electron chi connectivity index (χ2n) is 3.09. The highest BCUT2D eigenvalue weighted by atomic mass is 35.5. The van der Waals surface area contributed by atoms with E-state index in [4.69, 9.17) is 11.6 Å². The van der Waals surface area contributed by atoms with Crippen molar-refractivity contribution in [1.82, 2.24) is 0 Å². The van der Waals surface area contributed by atoms with Crippen LogP contribution >= 0.6 is 11.6 Å². The molecular weight excluding hydrogens is 148 g/mol. The Bertz CT molecular complexity index is 174. The first kappa shape index (κ1) is 7.80. The molecule has 10 heavy (non-hydrogen) atoms. The van der Waals surface area contributed by atoms with Crippen molar-refractivity contribution < 1.29 is 4.79 Å². The number of hydrogen-bond acceptors (Lipinski definition) is 1. The fourth-order valence-electron chi connectivity index (χ4n) is 0.981. The van der Waals surface area contributed by atoms with Gasteiger partial charge in [0.25, 0.3) is 0 Å². The smallest absolute Gasteiger partial charge is 0.155 e. The van der Waals surface area contributed by atoms with Crippen molar-refractivity contribution in [3.05, 3.63) is 12.2 Å². The second-order valence-corrected chi connectivity index (χ2v) is 3.35. The molecular formula is C8H11ClO. The third-order valence-corrected chi connectivity index (χ3v) is 2.53. The molecule has 1 rings (SSSR count). The van der Waals surface area contributed by atoms with Crippen molar-refractivity contribution in [2.75, 3.05) is 5.88 Å². The molecule has 0 aromatic carbocycles. The zero-order valence-corrected chi connectivity index (χ0v) is 6.82. The molecule has 1 aliphatic carbocycles. The number of hydrogen-bond donors (Lipinski definition) is 0. The molecule has 0 saturated carbocycles. The number of carbonyl (C=O) groups is 1. The van der Waals surface area contributed by atoms with Crippen molar-refractivity contribution in [2.24, 2.45) is 5.41 Å². The lowest BCUT2D eigenvalue weighted by Crippen LogP contribution is -2.20. The van der Waals surface area contributed by atoms with Crippen LogP contribution < -0.4 is 0 Å². The second kappa shape index (κ2) is 2.75. The van der Waals surface area contributed by atoms with E-state index < -0.39 is 0 Å². The highest BCUT2D eigenvalue weighted by molar-refractivity contribution is 6.18. The van der Waals surface area contributed by atoms with Crippen LogP contribution in [0.4, 0.5) is 0 Å². The molecule has 0 saturated heterocycles. The molecule has 1 nitrogen and oxygen atoms in total. The van der Waals surface area contributed by atoms with Crippen molar-refractivity contribution in [2.45, 2.75) is 19.8 Å². The highest BCUT2D eigenvalue weighted by Gasteiger charge is 2.23. The number of carbonyl (C=O) groups excluding carboxylic acids is 1. The summed E-state index contributed by atoms with van der Waals surface area (Å²) in [5.74, 6) is 0.833. The summed E-state index contributed by atoms with van der Waals surface area (Å²) in [6.45, 7) is 2.07. The fraction of sp³-hybridized carbons (Fsp3) is 0.625. The average Bonchev–Trinajstić information content (AvgIpc) is 1.96. The van der Waals surface area contributed by atoms with Gasteiger partial charge in [-0.25, -0.2) is 0 Å². The van der Waals surface area contributed by atoms with Crippen LogP contribution in [-0.4, -0.2) is 11.7 Å². The summed E-state index contributed by atoms with van der Waals surface area (Å²) in [5, 5.41) is 0. The molecule has 2 heteroatoms. The van der Waals surface area contributed by atoms with Gasteiger partial charge in [0.1, 0.15) is 0 Å². The third-order valence-electron chi connectivity index (χ3n) is 1.92. The van der Waals surface area contributed by atoms with Crippen LogP contribution in [0.3, 0.4) is 0 Å². The first-order chi connectivity index (χ1) is 4.66. The van der Waals surface area contributed by atoms with Crippen molar-refractivity contribution in [3.8, 4) is 0 Å². The highest BCUT2D eigenvalue weighted by Crippen LogP contribution is 2.29. The standard InChI is InChI=1S/C8H11ClO/c1-8(6-9)4-2-7(10)3-5-8/h2,4H,3,5-6H2,1H3/t8-/m1/s1. The SMILES string of the molecule is C[C@@]1(CCl)C=CC(=O)CC1. The van der Waals surface area contributed by atoms with Crippen LogP contribution in [0.15, 0.2) is 12.2 Å². The molecule has 0 spiro atoms. The maximum Gasteiger partial charge on any atom is 0.155 e. The van der Waals surface area contributed by atoms with Gasteiger partial charge < -0.3 is 0 Å². The Morgan fingerprint density at radius 2 is 2.50 bits per heavy atom. The molecule has 0 radical (unpaired) electrons. The minimum atomic E-state index is 0.0649. The lowest BCUT2D eigenvalue weighted by Gasteiger charge is -2.25. The van der Waals surface area contributed by atoms with E-state index in [-0.39, 0.29) is 11.2 Å². The number of rotatable bonds is 1. The normalized spacial score (nSPS) is 32.8. The summed E-state index contributed by atoms with van der Waals surface area (Å²) in [4.78, 5) is 10.7. The molecule has 0 N–H and O–H groups in total. The Kier molecular flexibility index (Phi) is 2.14. The van der Waals surface area contributed by atoms with Gasteiger partial charge in [-0.05, 0) is 17.9 Å². The maximum absolute atomic E-state index is 10.7. The largest absolute Gasteiger partial charge is 0.295 e. The summed E-state index contributed by atoms with van der Waals surface area (Å²) in [6, 6.07) is 0. The molecule has 0 aromatic heterocycles. The van der Waals surface area contributed by atoms with Crippen LogP contribution in [0.1, 0.15) is 19.8 Å². The quantitative estimate of drug-likeness (QED) is 0.535. The van der Waals surface area contributed by atoms with E-state index in [0.717, 1.165) is 6.42 Å². The average molecular weight is 159 g/mol. The zero-order chi connectivity index (χ0) is 7.61. The van der Waals surface area contributed by atoms with Crippen LogP contribution in [0.2, 0.25) is 0 Å². The van der Waals surface area contributed by atoms with Gasteiger partial charge in [-0.1, -0.05) is 13.0 Å². The van der Waals surface area contributed by atoms with Crippen LogP contribution in [0.25, 0.3) is 0 Å². The summed E-state index contributed by atoms with van der Waals surface area (Å²) >= 11 is 5.71. The molecule has 1 atom stereocenters. The molecule has 0 unspecified atom stereocenters. The summed E-state index contributed by atoms with van der Waals surface area (Å²) in [5.41, 5.74) is 0.0649. The van der Waals surface area contributed by atoms with Gasteiger partial charge in [-0.3, -0.25) is 4.79 Å². The van der Waals surface area contributed by atoms with Crippen LogP contribution in [-0.2, 0) is 4.79 Å². The Hall–Kier alpha value is -0.300. The van der Waals surface area contributed by atoms with Gasteiger partial charge >= 0.3 is 0 Å². The Morgan fingerprint density at radius 3 is 2.90 bits per heavy atom. The number of alkyl halides is 1. The minimum Gasteiger partial charge on any atom is -0.295 e. The first-order valence-electron chi connectivity index (χ1n) is 3.44. The lowest BCUT2D eigenvalue weighted by molar-refractivity contribution is -0.115. The van der Waals surface area contributed by atoms with Gasteiger partial charge in [0.05, 0.1) is 0 Å². The predicted molar refractivity (Wildman–Crippen MR) is 42.2 cm³/mol. The molecule has 0 amide bonds. The van der Waals surface area contributed by atoms with Gasteiger partial charge in [0.2, 0.25) is 0 Å². The van der Waals surface area contributed by atoms with Gasteiger partial charge in [-0.2, -0.15) is 0 Å². The van der Waals surface area contributed by atoms with E-state index in [2.05, 4.69) is 6.92 Å². The Morgan fingerprint density at radius 1 is 1.80 bits per heavy atom. The van der Waals surface area contributed by atoms with Crippen molar-refractivity contribution in [3.63, 3.8) is 0 Å². The first-order valence-corrected chi connectivity index (χ1v) is 3.98. The molecule has 1 aliphatic rings. The van der Waals surface area contributed by atoms with Gasteiger partial charge in [-0.15, -0.1) is 11.6 Å². The lowest BCUT2D eigenvalue weighted by atomic mass is 9.82. The third kappa shape index (κ3) is 1.60. The van der Waals surface area contributed by atoms with E-state index in [9.17, 15) is 4.79 Å². The molecule has 0 heterocycles. The Labute approximate surface area is 66.1 Å². The summed E-state index contributed by atoms with van der Waals surface area (Å²) in [7, 11) is 0. The van der Waals surface area contributed by atoms with Crippen molar-refractivity contribution in [1.29, 1.82) is 0 Å². The monoisotopic (exact) mass is 158 g/mol. The Balaban J connectivity index is 2.68. The fourth-order valence-corrected chi connectivity index (χ4v) is 1.20. The molecule has 0 bridgehead atoms.